The molecule has 128 valence electrons. The summed E-state index contributed by atoms with van der Waals surface area (Å²) < 4.78 is 15.2. The maximum absolute atomic E-state index is 13.3. The van der Waals surface area contributed by atoms with Crippen LogP contribution in [0.1, 0.15) is 22.8 Å². The van der Waals surface area contributed by atoms with Crippen LogP contribution in [0.5, 0.6) is 0 Å². The molecule has 0 aliphatic rings. The Balaban J connectivity index is 1.56. The highest BCUT2D eigenvalue weighted by molar-refractivity contribution is 5.74. The lowest BCUT2D eigenvalue weighted by atomic mass is 10.3. The van der Waals surface area contributed by atoms with E-state index in [1.165, 1.54) is 12.1 Å². The van der Waals surface area contributed by atoms with Gasteiger partial charge in [-0.25, -0.2) is 18.9 Å². The Labute approximate surface area is 144 Å². The summed E-state index contributed by atoms with van der Waals surface area (Å²) in [7, 11) is 2.01. The Morgan fingerprint density at radius 3 is 2.84 bits per heavy atom. The van der Waals surface area contributed by atoms with Gasteiger partial charge in [-0.3, -0.25) is 4.90 Å². The maximum atomic E-state index is 13.3. The molecule has 7 heteroatoms. The van der Waals surface area contributed by atoms with E-state index >= 15 is 0 Å². The third-order valence-electron chi connectivity index (χ3n) is 4.20. The van der Waals surface area contributed by atoms with Gasteiger partial charge in [0.1, 0.15) is 11.6 Å². The lowest BCUT2D eigenvalue weighted by molar-refractivity contribution is 0.313. The Hall–Kier alpha value is -2.80. The zero-order valence-electron chi connectivity index (χ0n) is 14.4. The Morgan fingerprint density at radius 1 is 1.16 bits per heavy atom. The van der Waals surface area contributed by atoms with Crippen LogP contribution < -0.4 is 0 Å². The summed E-state index contributed by atoms with van der Waals surface area (Å²) in [5.41, 5.74) is 5.48. The van der Waals surface area contributed by atoms with Crippen molar-refractivity contribution >= 4 is 16.7 Å². The van der Waals surface area contributed by atoms with E-state index in [1.807, 2.05) is 37.7 Å². The fraction of sp³-hybridized carbons (Fsp3) is 0.278. The van der Waals surface area contributed by atoms with Gasteiger partial charge in [0.2, 0.25) is 0 Å². The molecule has 0 saturated heterocycles. The molecule has 4 rings (SSSR count). The van der Waals surface area contributed by atoms with Crippen molar-refractivity contribution in [1.82, 2.24) is 29.5 Å². The van der Waals surface area contributed by atoms with E-state index in [4.69, 9.17) is 0 Å². The molecule has 4 aromatic rings. The largest absolute Gasteiger partial charge is 0.341 e. The van der Waals surface area contributed by atoms with Gasteiger partial charge in [0, 0.05) is 23.5 Å². The number of aryl methyl sites for hydroxylation is 2. The average Bonchev–Trinajstić information content (AvgIpc) is 3.11. The molecule has 1 N–H and O–H groups in total. The van der Waals surface area contributed by atoms with Crippen LogP contribution in [0.4, 0.5) is 4.39 Å². The number of hydrogen-bond acceptors (Lipinski definition) is 4. The number of nitrogens with one attached hydrogen (secondary N) is 1. The first-order valence-corrected chi connectivity index (χ1v) is 8.13. The van der Waals surface area contributed by atoms with Gasteiger partial charge in [0.15, 0.2) is 5.65 Å². The highest BCUT2D eigenvalue weighted by Crippen LogP contribution is 2.16. The van der Waals surface area contributed by atoms with Gasteiger partial charge in [-0.15, -0.1) is 0 Å². The van der Waals surface area contributed by atoms with Crippen molar-refractivity contribution in [3.8, 4) is 0 Å². The number of halogens is 1. The lowest BCUT2D eigenvalue weighted by Crippen LogP contribution is -2.18. The van der Waals surface area contributed by atoms with E-state index in [2.05, 4.69) is 25.0 Å². The number of rotatable bonds is 4. The third-order valence-corrected chi connectivity index (χ3v) is 4.20. The number of benzene rings is 1. The topological polar surface area (TPSA) is 62.1 Å². The van der Waals surface area contributed by atoms with Crippen molar-refractivity contribution in [1.29, 1.82) is 0 Å². The van der Waals surface area contributed by atoms with Crippen LogP contribution >= 0.6 is 0 Å². The quantitative estimate of drug-likeness (QED) is 0.621. The predicted molar refractivity (Wildman–Crippen MR) is 93.7 cm³/mol. The summed E-state index contributed by atoms with van der Waals surface area (Å²) >= 11 is 0. The van der Waals surface area contributed by atoms with Gasteiger partial charge in [-0.1, -0.05) is 0 Å². The lowest BCUT2D eigenvalue weighted by Gasteiger charge is -2.14. The molecule has 1 aromatic carbocycles. The Morgan fingerprint density at radius 2 is 2.00 bits per heavy atom. The molecule has 6 nitrogen and oxygen atoms in total. The fourth-order valence-electron chi connectivity index (χ4n) is 3.14. The summed E-state index contributed by atoms with van der Waals surface area (Å²) in [4.78, 5) is 14.4. The van der Waals surface area contributed by atoms with Gasteiger partial charge in [-0.2, -0.15) is 5.10 Å². The minimum absolute atomic E-state index is 0.265. The monoisotopic (exact) mass is 338 g/mol. The number of aromatic amines is 1. The van der Waals surface area contributed by atoms with Crippen molar-refractivity contribution in [3.63, 3.8) is 0 Å². The second-order valence-corrected chi connectivity index (χ2v) is 6.46. The SMILES string of the molecule is Cc1cc(C)n2ncc(CN(C)Cc3nc4ccc(F)cc4[nH]3)c2n1. The van der Waals surface area contributed by atoms with E-state index in [-0.39, 0.29) is 5.82 Å². The molecule has 0 amide bonds. The average molecular weight is 338 g/mol. The van der Waals surface area contributed by atoms with Gasteiger partial charge < -0.3 is 4.98 Å². The van der Waals surface area contributed by atoms with Crippen LogP contribution in [0, 0.1) is 19.7 Å². The van der Waals surface area contributed by atoms with Crippen molar-refractivity contribution in [2.75, 3.05) is 7.05 Å². The normalized spacial score (nSPS) is 11.9. The highest BCUT2D eigenvalue weighted by Gasteiger charge is 2.12. The number of aromatic nitrogens is 5. The molecule has 0 fully saturated rings. The minimum Gasteiger partial charge on any atom is -0.341 e. The van der Waals surface area contributed by atoms with Gasteiger partial charge in [0.05, 0.1) is 23.8 Å². The predicted octanol–water partition coefficient (Wildman–Crippen LogP) is 2.99. The molecule has 3 heterocycles. The smallest absolute Gasteiger partial charge is 0.159 e. The molecular formula is C18H19FN6. The van der Waals surface area contributed by atoms with E-state index < -0.39 is 0 Å². The first-order chi connectivity index (χ1) is 12.0. The first kappa shape index (κ1) is 15.7. The van der Waals surface area contributed by atoms with Crippen LogP contribution in [0.2, 0.25) is 0 Å². The molecule has 0 aliphatic carbocycles. The molecule has 25 heavy (non-hydrogen) atoms. The molecule has 0 spiro atoms. The van der Waals surface area contributed by atoms with E-state index in [0.717, 1.165) is 33.9 Å². The first-order valence-electron chi connectivity index (χ1n) is 8.13. The maximum Gasteiger partial charge on any atom is 0.159 e. The third kappa shape index (κ3) is 2.98. The molecule has 0 radical (unpaired) electrons. The molecule has 0 bridgehead atoms. The Bertz CT molecular complexity index is 1060. The number of H-pyrrole nitrogens is 1. The second kappa shape index (κ2) is 5.93. The second-order valence-electron chi connectivity index (χ2n) is 6.46. The Kier molecular flexibility index (Phi) is 3.73. The van der Waals surface area contributed by atoms with E-state index in [9.17, 15) is 4.39 Å². The molecular weight excluding hydrogens is 319 g/mol. The van der Waals surface area contributed by atoms with Crippen molar-refractivity contribution < 1.29 is 4.39 Å². The van der Waals surface area contributed by atoms with Crippen molar-refractivity contribution in [2.24, 2.45) is 0 Å². The number of nitrogens with zero attached hydrogens (tertiary/aromatic N) is 5. The van der Waals surface area contributed by atoms with Crippen LogP contribution in [-0.4, -0.2) is 36.5 Å². The minimum atomic E-state index is -0.265. The highest BCUT2D eigenvalue weighted by atomic mass is 19.1. The van der Waals surface area contributed by atoms with E-state index in [1.54, 1.807) is 6.07 Å². The standard InChI is InChI=1S/C18H19FN6/c1-11-6-12(2)25-18(21-11)13(8-20-25)9-24(3)10-17-22-15-5-4-14(19)7-16(15)23-17/h4-8H,9-10H2,1-3H3,(H,22,23). The van der Waals surface area contributed by atoms with E-state index in [0.29, 0.717) is 18.6 Å². The van der Waals surface area contributed by atoms with Crippen LogP contribution in [0.15, 0.2) is 30.5 Å². The molecule has 0 unspecified atom stereocenters. The molecule has 0 atom stereocenters. The summed E-state index contributed by atoms with van der Waals surface area (Å²) in [6, 6.07) is 6.59. The summed E-state index contributed by atoms with van der Waals surface area (Å²) in [5.74, 6) is 0.541. The van der Waals surface area contributed by atoms with Crippen molar-refractivity contribution in [3.05, 3.63) is 59.1 Å². The van der Waals surface area contributed by atoms with Crippen LogP contribution in [-0.2, 0) is 13.1 Å². The number of hydrogen-bond donors (Lipinski definition) is 1. The number of imidazole rings is 1. The fourth-order valence-corrected chi connectivity index (χ4v) is 3.14. The molecule has 0 aliphatic heterocycles. The molecule has 0 saturated carbocycles. The molecule has 3 aromatic heterocycles. The van der Waals surface area contributed by atoms with Gasteiger partial charge in [-0.05, 0) is 45.2 Å². The van der Waals surface area contributed by atoms with Crippen LogP contribution in [0.25, 0.3) is 16.7 Å². The van der Waals surface area contributed by atoms with Gasteiger partial charge >= 0.3 is 0 Å². The van der Waals surface area contributed by atoms with Gasteiger partial charge in [0.25, 0.3) is 0 Å². The van der Waals surface area contributed by atoms with Crippen molar-refractivity contribution in [2.45, 2.75) is 26.9 Å². The summed E-state index contributed by atoms with van der Waals surface area (Å²) in [6.07, 6.45) is 1.86. The summed E-state index contributed by atoms with van der Waals surface area (Å²) in [5, 5.41) is 4.43. The number of fused-ring (bicyclic) bond motifs is 2. The zero-order chi connectivity index (χ0) is 17.6. The summed E-state index contributed by atoms with van der Waals surface area (Å²) in [6.45, 7) is 5.33. The van der Waals surface area contributed by atoms with Crippen LogP contribution in [0.3, 0.4) is 0 Å². The zero-order valence-corrected chi connectivity index (χ0v) is 14.4.